The Morgan fingerprint density at radius 1 is 1.08 bits per heavy atom. The fraction of sp³-hybridized carbons (Fsp3) is 0.250. The third-order valence-electron chi connectivity index (χ3n) is 4.91. The van der Waals surface area contributed by atoms with E-state index in [2.05, 4.69) is 35.1 Å². The molecule has 25 heavy (non-hydrogen) atoms. The lowest BCUT2D eigenvalue weighted by Gasteiger charge is -2.23. The quantitative estimate of drug-likeness (QED) is 0.753. The molecule has 4 nitrogen and oxygen atoms in total. The van der Waals surface area contributed by atoms with Crippen LogP contribution in [0.25, 0.3) is 10.1 Å². The van der Waals surface area contributed by atoms with Crippen LogP contribution < -0.4 is 10.9 Å². The van der Waals surface area contributed by atoms with Crippen molar-refractivity contribution in [2.45, 2.75) is 25.6 Å². The van der Waals surface area contributed by atoms with Gasteiger partial charge < -0.3 is 4.90 Å². The molecule has 0 radical (unpaired) electrons. The largest absolute Gasteiger partial charge is 0.324 e. The van der Waals surface area contributed by atoms with Gasteiger partial charge in [0, 0.05) is 24.2 Å². The van der Waals surface area contributed by atoms with Crippen molar-refractivity contribution in [3.05, 3.63) is 70.6 Å². The minimum atomic E-state index is -0.0256. The van der Waals surface area contributed by atoms with Gasteiger partial charge in [-0.25, -0.2) is 10.9 Å². The number of hydrogen-bond donors (Lipinski definition) is 2. The van der Waals surface area contributed by atoms with Gasteiger partial charge >= 0.3 is 0 Å². The van der Waals surface area contributed by atoms with Crippen LogP contribution in [-0.4, -0.2) is 24.0 Å². The Bertz CT molecular complexity index is 906. The van der Waals surface area contributed by atoms with E-state index in [1.54, 1.807) is 11.3 Å². The summed E-state index contributed by atoms with van der Waals surface area (Å²) < 4.78 is 1.16. The van der Waals surface area contributed by atoms with Crippen LogP contribution in [0.2, 0.25) is 0 Å². The maximum atomic E-state index is 13.0. The van der Waals surface area contributed by atoms with E-state index in [1.165, 1.54) is 10.9 Å². The fourth-order valence-corrected chi connectivity index (χ4v) is 4.57. The number of rotatable bonds is 3. The molecule has 0 bridgehead atoms. The Morgan fingerprint density at radius 2 is 1.80 bits per heavy atom. The van der Waals surface area contributed by atoms with Crippen LogP contribution in [0.1, 0.15) is 33.3 Å². The highest BCUT2D eigenvalue weighted by atomic mass is 32.1. The van der Waals surface area contributed by atoms with E-state index in [0.29, 0.717) is 0 Å². The number of aryl methyl sites for hydroxylation is 1. The van der Waals surface area contributed by atoms with Crippen LogP contribution in [-0.2, 0) is 0 Å². The molecule has 5 heteroatoms. The van der Waals surface area contributed by atoms with E-state index < -0.39 is 0 Å². The van der Waals surface area contributed by atoms with Crippen molar-refractivity contribution < 1.29 is 4.79 Å². The molecule has 1 aliphatic rings. The Labute approximate surface area is 151 Å². The molecule has 1 amide bonds. The van der Waals surface area contributed by atoms with Gasteiger partial charge in [-0.3, -0.25) is 4.79 Å². The zero-order valence-electron chi connectivity index (χ0n) is 14.3. The summed E-state index contributed by atoms with van der Waals surface area (Å²) in [4.78, 5) is 15.7. The van der Waals surface area contributed by atoms with Crippen molar-refractivity contribution in [2.24, 2.45) is 0 Å². The number of amides is 1. The van der Waals surface area contributed by atoms with Crippen molar-refractivity contribution in [2.75, 3.05) is 7.05 Å². The summed E-state index contributed by atoms with van der Waals surface area (Å²) in [5, 5.41) is 1.17. The van der Waals surface area contributed by atoms with Gasteiger partial charge in [0.25, 0.3) is 5.91 Å². The lowest BCUT2D eigenvalue weighted by atomic mass is 10.0. The van der Waals surface area contributed by atoms with E-state index in [0.717, 1.165) is 21.6 Å². The van der Waals surface area contributed by atoms with Gasteiger partial charge in [0.1, 0.15) is 0 Å². The Kier molecular flexibility index (Phi) is 4.29. The van der Waals surface area contributed by atoms with E-state index in [-0.39, 0.29) is 18.1 Å². The van der Waals surface area contributed by atoms with Crippen LogP contribution in [0, 0.1) is 6.92 Å². The number of nitrogens with zero attached hydrogens (tertiary/aromatic N) is 1. The molecule has 0 saturated carbocycles. The predicted molar refractivity (Wildman–Crippen MR) is 103 cm³/mol. The normalized spacial score (nSPS) is 20.1. The second-order valence-corrected chi connectivity index (χ2v) is 7.52. The molecule has 1 aromatic heterocycles. The number of nitrogens with one attached hydrogen (secondary N) is 2. The number of thiophene rings is 1. The first-order valence-electron chi connectivity index (χ1n) is 8.46. The molecule has 2 heterocycles. The van der Waals surface area contributed by atoms with Crippen LogP contribution in [0.15, 0.2) is 54.6 Å². The second-order valence-electron chi connectivity index (χ2n) is 6.47. The first-order valence-corrected chi connectivity index (χ1v) is 9.28. The van der Waals surface area contributed by atoms with Crippen LogP contribution >= 0.6 is 11.3 Å². The van der Waals surface area contributed by atoms with Crippen LogP contribution in [0.5, 0.6) is 0 Å². The number of hydrazine groups is 1. The zero-order chi connectivity index (χ0) is 17.4. The summed E-state index contributed by atoms with van der Waals surface area (Å²) in [7, 11) is 1.87. The highest BCUT2D eigenvalue weighted by Gasteiger charge is 2.31. The lowest BCUT2D eigenvalue weighted by Crippen LogP contribution is -2.45. The number of carbonyl (C=O) groups is 1. The molecule has 1 saturated heterocycles. The Balaban J connectivity index is 1.53. The van der Waals surface area contributed by atoms with Crippen molar-refractivity contribution in [3.8, 4) is 0 Å². The monoisotopic (exact) mass is 351 g/mol. The molecule has 2 atom stereocenters. The maximum Gasteiger partial charge on any atom is 0.265 e. The molecule has 0 aliphatic carbocycles. The van der Waals surface area contributed by atoms with E-state index in [9.17, 15) is 4.79 Å². The number of fused-ring (bicyclic) bond motifs is 1. The molecule has 3 aromatic rings. The lowest BCUT2D eigenvalue weighted by molar-refractivity contribution is 0.0717. The molecular weight excluding hydrogens is 330 g/mol. The summed E-state index contributed by atoms with van der Waals surface area (Å²) in [6.07, 6.45) is 0.818. The average Bonchev–Trinajstić information content (AvgIpc) is 3.27. The SMILES string of the molecule is Cc1c(C(=O)N(C)C2CC(c3ccccc3)NN2)sc2ccccc12. The van der Waals surface area contributed by atoms with Crippen LogP contribution in [0.3, 0.4) is 0 Å². The number of carbonyl (C=O) groups excluding carboxylic acids is 1. The van der Waals surface area contributed by atoms with Gasteiger partial charge in [-0.1, -0.05) is 48.5 Å². The highest BCUT2D eigenvalue weighted by Crippen LogP contribution is 2.32. The number of hydrogen-bond acceptors (Lipinski definition) is 4. The van der Waals surface area contributed by atoms with Crippen molar-refractivity contribution in [1.82, 2.24) is 15.8 Å². The molecule has 2 aromatic carbocycles. The first-order chi connectivity index (χ1) is 12.1. The van der Waals surface area contributed by atoms with Crippen LogP contribution in [0.4, 0.5) is 0 Å². The standard InChI is InChI=1S/C20H21N3OS/c1-13-15-10-6-7-11-17(15)25-19(13)20(24)23(2)18-12-16(21-22-18)14-8-4-3-5-9-14/h3-11,16,18,21-22H,12H2,1-2H3. The predicted octanol–water partition coefficient (Wildman–Crippen LogP) is 3.85. The minimum absolute atomic E-state index is 0.0256. The molecule has 4 rings (SSSR count). The molecule has 2 N–H and O–H groups in total. The summed E-state index contributed by atoms with van der Waals surface area (Å²) in [5.41, 5.74) is 8.88. The summed E-state index contributed by atoms with van der Waals surface area (Å²) in [5.74, 6) is 0.0757. The molecular formula is C20H21N3OS. The molecule has 128 valence electrons. The fourth-order valence-electron chi connectivity index (χ4n) is 3.38. The first kappa shape index (κ1) is 16.3. The van der Waals surface area contributed by atoms with Gasteiger partial charge in [0.05, 0.1) is 11.0 Å². The third-order valence-corrected chi connectivity index (χ3v) is 6.17. The topological polar surface area (TPSA) is 44.4 Å². The zero-order valence-corrected chi connectivity index (χ0v) is 15.1. The molecule has 2 unspecified atom stereocenters. The van der Waals surface area contributed by atoms with Crippen molar-refractivity contribution in [3.63, 3.8) is 0 Å². The van der Waals surface area contributed by atoms with Gasteiger partial charge in [-0.2, -0.15) is 0 Å². The molecule has 1 aliphatic heterocycles. The molecule has 0 spiro atoms. The maximum absolute atomic E-state index is 13.0. The summed E-state index contributed by atoms with van der Waals surface area (Å²) in [6.45, 7) is 2.03. The van der Waals surface area contributed by atoms with Crippen molar-refractivity contribution >= 4 is 27.3 Å². The Morgan fingerprint density at radius 3 is 2.56 bits per heavy atom. The van der Waals surface area contributed by atoms with E-state index >= 15 is 0 Å². The van der Waals surface area contributed by atoms with Crippen molar-refractivity contribution in [1.29, 1.82) is 0 Å². The second kappa shape index (κ2) is 6.59. The number of benzene rings is 2. The summed E-state index contributed by atoms with van der Waals surface area (Å²) >= 11 is 1.58. The smallest absolute Gasteiger partial charge is 0.265 e. The van der Waals surface area contributed by atoms with E-state index in [1.807, 2.05) is 49.2 Å². The third kappa shape index (κ3) is 2.95. The molecule has 1 fully saturated rings. The highest BCUT2D eigenvalue weighted by molar-refractivity contribution is 7.21. The Hall–Kier alpha value is -2.21. The minimum Gasteiger partial charge on any atom is -0.324 e. The summed E-state index contributed by atoms with van der Waals surface area (Å²) in [6, 6.07) is 18.7. The van der Waals surface area contributed by atoms with Gasteiger partial charge in [-0.05, 0) is 29.5 Å². The van der Waals surface area contributed by atoms with Gasteiger partial charge in [-0.15, -0.1) is 11.3 Å². The van der Waals surface area contributed by atoms with Gasteiger partial charge in [0.2, 0.25) is 0 Å². The average molecular weight is 351 g/mol. The van der Waals surface area contributed by atoms with E-state index in [4.69, 9.17) is 0 Å². The van der Waals surface area contributed by atoms with Gasteiger partial charge in [0.15, 0.2) is 0 Å².